The van der Waals surface area contributed by atoms with Gasteiger partial charge < -0.3 is 15.9 Å². The number of thiophene rings is 1. The second-order valence-electron chi connectivity index (χ2n) is 3.21. The van der Waals surface area contributed by atoms with Crippen molar-refractivity contribution in [3.05, 3.63) is 46.2 Å². The molecule has 0 radical (unpaired) electrons. The van der Waals surface area contributed by atoms with Gasteiger partial charge in [0.2, 0.25) is 0 Å². The maximum Gasteiger partial charge on any atom is 0.162 e. The van der Waals surface area contributed by atoms with Crippen molar-refractivity contribution in [2.45, 2.75) is 6.04 Å². The summed E-state index contributed by atoms with van der Waals surface area (Å²) in [6.07, 6.45) is 0. The van der Waals surface area contributed by atoms with Gasteiger partial charge in [-0.25, -0.2) is 0 Å². The zero-order valence-corrected chi connectivity index (χ0v) is 8.74. The van der Waals surface area contributed by atoms with E-state index in [0.29, 0.717) is 5.56 Å². The highest BCUT2D eigenvalue weighted by Crippen LogP contribution is 2.35. The number of phenolic OH excluding ortho intramolecular Hbond substituents is 2. The maximum absolute atomic E-state index is 9.64. The molecule has 0 unspecified atom stereocenters. The van der Waals surface area contributed by atoms with Gasteiger partial charge in [0.25, 0.3) is 0 Å². The van der Waals surface area contributed by atoms with E-state index in [1.54, 1.807) is 12.1 Å². The van der Waals surface area contributed by atoms with Crippen molar-refractivity contribution in [3.8, 4) is 11.5 Å². The van der Waals surface area contributed by atoms with E-state index >= 15 is 0 Å². The van der Waals surface area contributed by atoms with Gasteiger partial charge in [0.1, 0.15) is 0 Å². The zero-order valence-electron chi connectivity index (χ0n) is 7.92. The summed E-state index contributed by atoms with van der Waals surface area (Å²) in [6, 6.07) is 8.22. The molecule has 0 fully saturated rings. The quantitative estimate of drug-likeness (QED) is 0.681. The highest BCUT2D eigenvalue weighted by atomic mass is 32.1. The Kier molecular flexibility index (Phi) is 2.62. The van der Waals surface area contributed by atoms with Crippen LogP contribution < -0.4 is 5.73 Å². The lowest BCUT2D eigenvalue weighted by molar-refractivity contribution is 0.398. The molecule has 15 heavy (non-hydrogen) atoms. The summed E-state index contributed by atoms with van der Waals surface area (Å²) in [5.41, 5.74) is 6.51. The third-order valence-electron chi connectivity index (χ3n) is 2.23. The largest absolute Gasteiger partial charge is 0.504 e. The van der Waals surface area contributed by atoms with Crippen LogP contribution in [0.3, 0.4) is 0 Å². The van der Waals surface area contributed by atoms with E-state index in [-0.39, 0.29) is 11.5 Å². The fourth-order valence-electron chi connectivity index (χ4n) is 1.42. The average Bonchev–Trinajstić information content (AvgIpc) is 2.74. The monoisotopic (exact) mass is 221 g/mol. The molecule has 0 aliphatic rings. The predicted molar refractivity (Wildman–Crippen MR) is 60.1 cm³/mol. The minimum Gasteiger partial charge on any atom is -0.504 e. The minimum absolute atomic E-state index is 0.139. The van der Waals surface area contributed by atoms with Crippen molar-refractivity contribution in [3.63, 3.8) is 0 Å². The average molecular weight is 221 g/mol. The van der Waals surface area contributed by atoms with Crippen molar-refractivity contribution < 1.29 is 10.2 Å². The van der Waals surface area contributed by atoms with E-state index in [4.69, 9.17) is 5.73 Å². The van der Waals surface area contributed by atoms with Crippen LogP contribution in [0, 0.1) is 0 Å². The first-order valence-corrected chi connectivity index (χ1v) is 5.38. The van der Waals surface area contributed by atoms with E-state index in [9.17, 15) is 10.2 Å². The molecule has 0 bridgehead atoms. The molecule has 2 aromatic rings. The lowest BCUT2D eigenvalue weighted by atomic mass is 10.0. The Balaban J connectivity index is 2.42. The van der Waals surface area contributed by atoms with Crippen LogP contribution in [0.25, 0.3) is 0 Å². The molecule has 0 saturated carbocycles. The number of phenols is 2. The molecule has 3 nitrogen and oxygen atoms in total. The van der Waals surface area contributed by atoms with Crippen molar-refractivity contribution >= 4 is 11.3 Å². The molecule has 0 aliphatic heterocycles. The fourth-order valence-corrected chi connectivity index (χ4v) is 2.17. The van der Waals surface area contributed by atoms with Gasteiger partial charge in [-0.1, -0.05) is 18.2 Å². The summed E-state index contributed by atoms with van der Waals surface area (Å²) < 4.78 is 0. The first-order valence-electron chi connectivity index (χ1n) is 4.50. The topological polar surface area (TPSA) is 66.5 Å². The molecule has 2 rings (SSSR count). The van der Waals surface area contributed by atoms with Crippen molar-refractivity contribution in [2.24, 2.45) is 5.73 Å². The number of rotatable bonds is 2. The number of aromatic hydroxyl groups is 2. The summed E-state index contributed by atoms with van der Waals surface area (Å²) in [5, 5.41) is 20.9. The van der Waals surface area contributed by atoms with Crippen LogP contribution >= 0.6 is 11.3 Å². The second kappa shape index (κ2) is 3.92. The first-order chi connectivity index (χ1) is 7.20. The molecule has 78 valence electrons. The van der Waals surface area contributed by atoms with Gasteiger partial charge in [-0.3, -0.25) is 0 Å². The number of hydrogen-bond acceptors (Lipinski definition) is 4. The van der Waals surface area contributed by atoms with Gasteiger partial charge in [0, 0.05) is 10.4 Å². The van der Waals surface area contributed by atoms with E-state index in [1.807, 2.05) is 17.5 Å². The van der Waals surface area contributed by atoms with Crippen LogP contribution in [-0.4, -0.2) is 10.2 Å². The number of nitrogens with two attached hydrogens (primary N) is 1. The highest BCUT2D eigenvalue weighted by Gasteiger charge is 2.15. The SMILES string of the molecule is N[C@H](c1cccs1)c1cccc(O)c1O. The molecule has 0 spiro atoms. The van der Waals surface area contributed by atoms with Crippen molar-refractivity contribution in [1.29, 1.82) is 0 Å². The third kappa shape index (κ3) is 1.82. The lowest BCUT2D eigenvalue weighted by Crippen LogP contribution is -2.10. The Morgan fingerprint density at radius 2 is 1.93 bits per heavy atom. The first kappa shape index (κ1) is 10.0. The van der Waals surface area contributed by atoms with E-state index in [2.05, 4.69) is 0 Å². The van der Waals surface area contributed by atoms with Crippen LogP contribution in [-0.2, 0) is 0 Å². The summed E-state index contributed by atoms with van der Waals surface area (Å²) in [5.74, 6) is -0.280. The smallest absolute Gasteiger partial charge is 0.162 e. The normalized spacial score (nSPS) is 12.6. The van der Waals surface area contributed by atoms with Crippen molar-refractivity contribution in [2.75, 3.05) is 0 Å². The highest BCUT2D eigenvalue weighted by molar-refractivity contribution is 7.10. The van der Waals surface area contributed by atoms with Gasteiger partial charge >= 0.3 is 0 Å². The molecule has 4 N–H and O–H groups in total. The molecule has 0 aliphatic carbocycles. The minimum atomic E-state index is -0.392. The predicted octanol–water partition coefficient (Wildman–Crippen LogP) is 2.21. The van der Waals surface area contributed by atoms with Crippen molar-refractivity contribution in [1.82, 2.24) is 0 Å². The molecule has 4 heteroatoms. The van der Waals surface area contributed by atoms with E-state index < -0.39 is 6.04 Å². The summed E-state index contributed by atoms with van der Waals surface area (Å²) in [4.78, 5) is 0.955. The summed E-state index contributed by atoms with van der Waals surface area (Å²) >= 11 is 1.52. The van der Waals surface area contributed by atoms with Crippen LogP contribution in [0.5, 0.6) is 11.5 Å². The standard InChI is InChI=1S/C11H11NO2S/c12-10(9-5-2-6-15-9)7-3-1-4-8(13)11(7)14/h1-6,10,13-14H,12H2/t10-/m0/s1. The van der Waals surface area contributed by atoms with Crippen LogP contribution in [0.1, 0.15) is 16.5 Å². The number of para-hydroxylation sites is 1. The molecular weight excluding hydrogens is 210 g/mol. The summed E-state index contributed by atoms with van der Waals surface area (Å²) in [6.45, 7) is 0. The number of hydrogen-bond donors (Lipinski definition) is 3. The summed E-state index contributed by atoms with van der Waals surface area (Å²) in [7, 11) is 0. The second-order valence-corrected chi connectivity index (χ2v) is 4.19. The molecule has 1 aromatic carbocycles. The van der Waals surface area contributed by atoms with Crippen LogP contribution in [0.4, 0.5) is 0 Å². The Labute approximate surface area is 91.4 Å². The Morgan fingerprint density at radius 3 is 2.60 bits per heavy atom. The molecular formula is C11H11NO2S. The van der Waals surface area contributed by atoms with Gasteiger partial charge in [0.15, 0.2) is 11.5 Å². The zero-order chi connectivity index (χ0) is 10.8. The number of benzene rings is 1. The van der Waals surface area contributed by atoms with Gasteiger partial charge in [-0.15, -0.1) is 11.3 Å². The molecule has 1 aromatic heterocycles. The maximum atomic E-state index is 9.64. The molecule has 1 atom stereocenters. The molecule has 0 saturated heterocycles. The van der Waals surface area contributed by atoms with Gasteiger partial charge in [-0.05, 0) is 17.5 Å². The van der Waals surface area contributed by atoms with E-state index in [0.717, 1.165) is 4.88 Å². The van der Waals surface area contributed by atoms with E-state index in [1.165, 1.54) is 17.4 Å². The molecule has 1 heterocycles. The Hall–Kier alpha value is -1.52. The lowest BCUT2D eigenvalue weighted by Gasteiger charge is -2.12. The Bertz CT molecular complexity index is 454. The Morgan fingerprint density at radius 1 is 1.13 bits per heavy atom. The van der Waals surface area contributed by atoms with Crippen LogP contribution in [0.15, 0.2) is 35.7 Å². The van der Waals surface area contributed by atoms with Crippen LogP contribution in [0.2, 0.25) is 0 Å². The van der Waals surface area contributed by atoms with Gasteiger partial charge in [0.05, 0.1) is 6.04 Å². The fraction of sp³-hybridized carbons (Fsp3) is 0.0909. The third-order valence-corrected chi connectivity index (χ3v) is 3.19. The molecule has 0 amide bonds. The van der Waals surface area contributed by atoms with Gasteiger partial charge in [-0.2, -0.15) is 0 Å².